The number of thiophene rings is 1. The van der Waals surface area contributed by atoms with E-state index >= 15 is 0 Å². The summed E-state index contributed by atoms with van der Waals surface area (Å²) in [5.74, 6) is -0.283. The Kier molecular flexibility index (Phi) is 5.54. The van der Waals surface area contributed by atoms with Gasteiger partial charge >= 0.3 is 0 Å². The fourth-order valence-electron chi connectivity index (χ4n) is 2.60. The van der Waals surface area contributed by atoms with Gasteiger partial charge in [0.15, 0.2) is 9.84 Å². The molecule has 0 aliphatic heterocycles. The molecule has 134 valence electrons. The van der Waals surface area contributed by atoms with Crippen LogP contribution in [-0.4, -0.2) is 20.9 Å². The number of amides is 1. The fraction of sp³-hybridized carbons (Fsp3) is 0.150. The molecule has 1 amide bonds. The first-order valence-electron chi connectivity index (χ1n) is 8.15. The van der Waals surface area contributed by atoms with E-state index in [4.69, 9.17) is 0 Å². The summed E-state index contributed by atoms with van der Waals surface area (Å²) in [4.78, 5) is 13.4. The van der Waals surface area contributed by atoms with Gasteiger partial charge in [0, 0.05) is 17.0 Å². The summed E-state index contributed by atoms with van der Waals surface area (Å²) in [6.07, 6.45) is 0. The summed E-state index contributed by atoms with van der Waals surface area (Å²) >= 11 is 1.37. The smallest absolute Gasteiger partial charge is 0.251 e. The van der Waals surface area contributed by atoms with Crippen molar-refractivity contribution in [2.24, 2.45) is 0 Å². The minimum absolute atomic E-state index is 0.0183. The predicted molar refractivity (Wildman–Crippen MR) is 104 cm³/mol. The maximum atomic E-state index is 13.1. The lowest BCUT2D eigenvalue weighted by molar-refractivity contribution is 0.0953. The third-order valence-electron chi connectivity index (χ3n) is 4.07. The Labute approximate surface area is 157 Å². The number of sulfone groups is 1. The Morgan fingerprint density at radius 3 is 2.31 bits per heavy atom. The molecule has 4 nitrogen and oxygen atoms in total. The maximum Gasteiger partial charge on any atom is 0.251 e. The summed E-state index contributed by atoms with van der Waals surface area (Å²) in [5, 5.41) is 3.79. The van der Waals surface area contributed by atoms with Crippen molar-refractivity contribution in [2.45, 2.75) is 17.1 Å². The Morgan fingerprint density at radius 2 is 1.69 bits per heavy atom. The lowest BCUT2D eigenvalue weighted by atomic mass is 10.1. The Bertz CT molecular complexity index is 964. The number of nitrogens with one attached hydrogen (secondary N) is 1. The molecular formula is C20H19NO3S2. The van der Waals surface area contributed by atoms with Crippen LogP contribution in [-0.2, 0) is 9.84 Å². The van der Waals surface area contributed by atoms with E-state index in [1.807, 2.05) is 30.5 Å². The number of aryl methyl sites for hydroxylation is 1. The van der Waals surface area contributed by atoms with Crippen molar-refractivity contribution in [2.75, 3.05) is 6.54 Å². The molecule has 0 bridgehead atoms. The Hall–Kier alpha value is -2.44. The van der Waals surface area contributed by atoms with Crippen LogP contribution >= 0.6 is 11.3 Å². The zero-order chi connectivity index (χ0) is 18.6. The molecule has 0 aliphatic rings. The molecule has 6 heteroatoms. The van der Waals surface area contributed by atoms with Crippen molar-refractivity contribution in [3.05, 3.63) is 88.1 Å². The van der Waals surface area contributed by atoms with Gasteiger partial charge in [-0.25, -0.2) is 8.42 Å². The van der Waals surface area contributed by atoms with Gasteiger partial charge in [0.1, 0.15) is 5.25 Å². The second-order valence-electron chi connectivity index (χ2n) is 5.94. The third kappa shape index (κ3) is 4.03. The van der Waals surface area contributed by atoms with Crippen LogP contribution in [0.5, 0.6) is 0 Å². The van der Waals surface area contributed by atoms with E-state index < -0.39 is 15.1 Å². The number of hydrogen-bond donors (Lipinski definition) is 1. The molecule has 0 saturated heterocycles. The van der Waals surface area contributed by atoms with E-state index in [0.29, 0.717) is 10.4 Å². The molecule has 3 rings (SSSR count). The minimum atomic E-state index is -3.61. The van der Waals surface area contributed by atoms with Crippen molar-refractivity contribution < 1.29 is 13.2 Å². The molecule has 0 radical (unpaired) electrons. The molecule has 26 heavy (non-hydrogen) atoms. The molecule has 0 aliphatic carbocycles. The van der Waals surface area contributed by atoms with Gasteiger partial charge in [-0.05, 0) is 42.6 Å². The van der Waals surface area contributed by atoms with Crippen molar-refractivity contribution in [1.29, 1.82) is 0 Å². The number of benzene rings is 2. The average molecular weight is 386 g/mol. The number of hydrogen-bond acceptors (Lipinski definition) is 4. The lowest BCUT2D eigenvalue weighted by Crippen LogP contribution is -2.31. The fourth-order valence-corrected chi connectivity index (χ4v) is 5.41. The van der Waals surface area contributed by atoms with Gasteiger partial charge in [0.05, 0.1) is 4.90 Å². The second kappa shape index (κ2) is 7.85. The molecule has 0 spiro atoms. The van der Waals surface area contributed by atoms with Gasteiger partial charge in [0.25, 0.3) is 5.91 Å². The van der Waals surface area contributed by atoms with Crippen LogP contribution in [0, 0.1) is 6.92 Å². The molecule has 0 saturated carbocycles. The molecule has 1 heterocycles. The van der Waals surface area contributed by atoms with Crippen LogP contribution in [0.2, 0.25) is 0 Å². The van der Waals surface area contributed by atoms with Crippen molar-refractivity contribution in [3.8, 4) is 0 Å². The minimum Gasteiger partial charge on any atom is -0.350 e. The highest BCUT2D eigenvalue weighted by Gasteiger charge is 2.30. The second-order valence-corrected chi connectivity index (χ2v) is 9.05. The highest BCUT2D eigenvalue weighted by Crippen LogP contribution is 2.31. The van der Waals surface area contributed by atoms with Gasteiger partial charge in [-0.2, -0.15) is 0 Å². The number of carbonyl (C=O) groups excluding carboxylic acids is 1. The monoisotopic (exact) mass is 385 g/mol. The molecule has 2 aromatic carbocycles. The predicted octanol–water partition coefficient (Wildman–Crippen LogP) is 4.00. The number of carbonyl (C=O) groups is 1. The normalized spacial score (nSPS) is 12.5. The van der Waals surface area contributed by atoms with Crippen molar-refractivity contribution >= 4 is 27.1 Å². The van der Waals surface area contributed by atoms with Crippen LogP contribution in [0.1, 0.15) is 26.0 Å². The lowest BCUT2D eigenvalue weighted by Gasteiger charge is -2.17. The molecule has 0 unspecified atom stereocenters. The molecule has 0 fully saturated rings. The van der Waals surface area contributed by atoms with Gasteiger partial charge in [-0.15, -0.1) is 11.3 Å². The number of rotatable bonds is 6. The Balaban J connectivity index is 1.84. The van der Waals surface area contributed by atoms with Crippen LogP contribution in [0.3, 0.4) is 0 Å². The van der Waals surface area contributed by atoms with Crippen LogP contribution < -0.4 is 5.32 Å². The largest absolute Gasteiger partial charge is 0.350 e. The first-order chi connectivity index (χ1) is 12.5. The van der Waals surface area contributed by atoms with Gasteiger partial charge in [-0.3, -0.25) is 4.79 Å². The summed E-state index contributed by atoms with van der Waals surface area (Å²) in [6, 6.07) is 19.1. The summed E-state index contributed by atoms with van der Waals surface area (Å²) in [6.45, 7) is 1.96. The van der Waals surface area contributed by atoms with E-state index in [-0.39, 0.29) is 17.3 Å². The standard InChI is InChI=1S/C20H19NO3S2/c1-15-9-11-16(12-10-15)20(22)21-14-19(18-8-5-13-25-18)26(23,24)17-6-3-2-4-7-17/h2-13,19H,14H2,1H3,(H,21,22)/t19-/m0/s1. The van der Waals surface area contributed by atoms with Crippen molar-refractivity contribution in [3.63, 3.8) is 0 Å². The topological polar surface area (TPSA) is 63.2 Å². The highest BCUT2D eigenvalue weighted by atomic mass is 32.2. The van der Waals surface area contributed by atoms with E-state index in [9.17, 15) is 13.2 Å². The van der Waals surface area contributed by atoms with Gasteiger partial charge in [0.2, 0.25) is 0 Å². The zero-order valence-electron chi connectivity index (χ0n) is 14.3. The molecule has 1 atom stereocenters. The SMILES string of the molecule is Cc1ccc(C(=O)NC[C@@H](c2cccs2)S(=O)(=O)c2ccccc2)cc1. The van der Waals surface area contributed by atoms with E-state index in [1.165, 1.54) is 11.3 Å². The van der Waals surface area contributed by atoms with Crippen LogP contribution in [0.15, 0.2) is 77.0 Å². The maximum absolute atomic E-state index is 13.1. The first kappa shape index (κ1) is 18.4. The molecule has 1 aromatic heterocycles. The van der Waals surface area contributed by atoms with E-state index in [1.54, 1.807) is 48.5 Å². The summed E-state index contributed by atoms with van der Waals surface area (Å²) in [5.41, 5.74) is 1.57. The van der Waals surface area contributed by atoms with Gasteiger partial charge in [-0.1, -0.05) is 42.0 Å². The first-order valence-corrected chi connectivity index (χ1v) is 10.6. The Morgan fingerprint density at radius 1 is 1.00 bits per heavy atom. The van der Waals surface area contributed by atoms with Crippen LogP contribution in [0.4, 0.5) is 0 Å². The molecule has 1 N–H and O–H groups in total. The van der Waals surface area contributed by atoms with Crippen molar-refractivity contribution in [1.82, 2.24) is 5.32 Å². The highest BCUT2D eigenvalue weighted by molar-refractivity contribution is 7.91. The summed E-state index contributed by atoms with van der Waals surface area (Å²) in [7, 11) is -3.61. The van der Waals surface area contributed by atoms with E-state index in [0.717, 1.165) is 5.56 Å². The molecule has 3 aromatic rings. The molecular weight excluding hydrogens is 366 g/mol. The van der Waals surface area contributed by atoms with E-state index in [2.05, 4.69) is 5.32 Å². The quantitative estimate of drug-likeness (QED) is 0.697. The average Bonchev–Trinajstić information content (AvgIpc) is 3.17. The van der Waals surface area contributed by atoms with Gasteiger partial charge < -0.3 is 5.32 Å². The van der Waals surface area contributed by atoms with Crippen LogP contribution in [0.25, 0.3) is 0 Å². The summed E-state index contributed by atoms with van der Waals surface area (Å²) < 4.78 is 26.2. The third-order valence-corrected chi connectivity index (χ3v) is 7.30. The zero-order valence-corrected chi connectivity index (χ0v) is 15.9.